The van der Waals surface area contributed by atoms with Gasteiger partial charge >= 0.3 is 0 Å². The molecule has 21 heavy (non-hydrogen) atoms. The molecule has 6 nitrogen and oxygen atoms in total. The molecule has 1 heterocycles. The maximum absolute atomic E-state index is 11.3. The molecule has 0 unspecified atom stereocenters. The lowest BCUT2D eigenvalue weighted by Gasteiger charge is -2.42. The number of aliphatic hydroxyl groups is 3. The first-order valence-corrected chi connectivity index (χ1v) is 7.52. The minimum Gasteiger partial charge on any atom is -0.394 e. The maximum Gasteiger partial charge on any atom is 0.217 e. The number of benzene rings is 1. The summed E-state index contributed by atoms with van der Waals surface area (Å²) in [5, 5.41) is 31.9. The van der Waals surface area contributed by atoms with Gasteiger partial charge < -0.3 is 25.4 Å². The second-order valence-electron chi connectivity index (χ2n) is 4.86. The number of ether oxygens (including phenoxy) is 1. The predicted molar refractivity (Wildman–Crippen MR) is 77.7 cm³/mol. The molecule has 1 saturated heterocycles. The molecule has 0 spiro atoms. The van der Waals surface area contributed by atoms with Gasteiger partial charge in [-0.2, -0.15) is 0 Å². The number of hydrogen-bond donors (Lipinski definition) is 4. The molecular formula is C14H19NO5S. The standard InChI is InChI=1S/C14H19NO5S/c1-8(17)15-11-13(19)12(18)10(7-16)20-14(11)21-9-5-3-2-4-6-9/h2-6,10-14,16,18-19H,7H2,1H3,(H,15,17)/t10-,11+,12+,13-,14+/m0/s1. The van der Waals surface area contributed by atoms with Crippen molar-refractivity contribution < 1.29 is 24.9 Å². The van der Waals surface area contributed by atoms with E-state index < -0.39 is 36.4 Å². The molecule has 1 aliphatic heterocycles. The van der Waals surface area contributed by atoms with E-state index >= 15 is 0 Å². The first-order chi connectivity index (χ1) is 10.0. The van der Waals surface area contributed by atoms with Crippen LogP contribution in [0.2, 0.25) is 0 Å². The average molecular weight is 313 g/mol. The first-order valence-electron chi connectivity index (χ1n) is 6.64. The van der Waals surface area contributed by atoms with Gasteiger partial charge in [-0.1, -0.05) is 30.0 Å². The van der Waals surface area contributed by atoms with Crippen molar-refractivity contribution in [2.75, 3.05) is 6.61 Å². The van der Waals surface area contributed by atoms with Crippen LogP contribution in [0.25, 0.3) is 0 Å². The van der Waals surface area contributed by atoms with Crippen LogP contribution in [0, 0.1) is 0 Å². The van der Waals surface area contributed by atoms with Gasteiger partial charge in [0.25, 0.3) is 0 Å². The average Bonchev–Trinajstić information content (AvgIpc) is 2.47. The van der Waals surface area contributed by atoms with Crippen molar-refractivity contribution in [3.8, 4) is 0 Å². The number of thioether (sulfide) groups is 1. The van der Waals surface area contributed by atoms with Gasteiger partial charge in [0.15, 0.2) is 0 Å². The third kappa shape index (κ3) is 3.96. The molecule has 0 aromatic heterocycles. The van der Waals surface area contributed by atoms with Gasteiger partial charge in [0, 0.05) is 11.8 Å². The molecule has 0 aliphatic carbocycles. The Balaban J connectivity index is 2.18. The van der Waals surface area contributed by atoms with E-state index in [0.29, 0.717) is 0 Å². The van der Waals surface area contributed by atoms with E-state index in [1.54, 1.807) is 0 Å². The largest absolute Gasteiger partial charge is 0.394 e. The lowest BCUT2D eigenvalue weighted by Crippen LogP contribution is -2.63. The predicted octanol–water partition coefficient (Wildman–Crippen LogP) is -0.278. The molecule has 5 atom stereocenters. The van der Waals surface area contributed by atoms with Gasteiger partial charge in [-0.25, -0.2) is 0 Å². The third-order valence-electron chi connectivity index (χ3n) is 3.25. The van der Waals surface area contributed by atoms with E-state index in [0.717, 1.165) is 4.90 Å². The van der Waals surface area contributed by atoms with Crippen LogP contribution in [0.15, 0.2) is 35.2 Å². The quantitative estimate of drug-likeness (QED) is 0.610. The molecule has 7 heteroatoms. The fourth-order valence-corrected chi connectivity index (χ4v) is 3.36. The van der Waals surface area contributed by atoms with E-state index in [-0.39, 0.29) is 5.91 Å². The lowest BCUT2D eigenvalue weighted by atomic mass is 9.98. The Morgan fingerprint density at radius 2 is 1.95 bits per heavy atom. The van der Waals surface area contributed by atoms with Crippen molar-refractivity contribution >= 4 is 17.7 Å². The number of amides is 1. The lowest BCUT2D eigenvalue weighted by molar-refractivity contribution is -0.173. The van der Waals surface area contributed by atoms with Gasteiger partial charge in [0.1, 0.15) is 23.7 Å². The third-order valence-corrected chi connectivity index (χ3v) is 4.43. The highest BCUT2D eigenvalue weighted by Crippen LogP contribution is 2.33. The number of aliphatic hydroxyl groups excluding tert-OH is 3. The summed E-state index contributed by atoms with van der Waals surface area (Å²) in [5.41, 5.74) is -0.605. The van der Waals surface area contributed by atoms with E-state index in [1.807, 2.05) is 30.3 Å². The van der Waals surface area contributed by atoms with Crippen molar-refractivity contribution in [3.05, 3.63) is 30.3 Å². The van der Waals surface area contributed by atoms with Crippen molar-refractivity contribution in [2.45, 2.75) is 41.6 Å². The second-order valence-corrected chi connectivity index (χ2v) is 6.04. The Labute approximate surface area is 127 Å². The number of hydrogen-bond acceptors (Lipinski definition) is 6. The van der Waals surface area contributed by atoms with Crippen molar-refractivity contribution in [1.29, 1.82) is 0 Å². The minimum absolute atomic E-state index is 0.323. The van der Waals surface area contributed by atoms with Gasteiger partial charge in [-0.15, -0.1) is 0 Å². The topological polar surface area (TPSA) is 99.0 Å². The van der Waals surface area contributed by atoms with Crippen LogP contribution in [0.1, 0.15) is 6.92 Å². The van der Waals surface area contributed by atoms with Crippen LogP contribution in [-0.2, 0) is 9.53 Å². The number of carbonyl (C=O) groups excluding carboxylic acids is 1. The maximum atomic E-state index is 11.3. The number of nitrogens with one attached hydrogen (secondary N) is 1. The normalized spacial score (nSPS) is 32.7. The summed E-state index contributed by atoms with van der Waals surface area (Å²) < 4.78 is 5.62. The molecule has 0 bridgehead atoms. The highest BCUT2D eigenvalue weighted by atomic mass is 32.2. The van der Waals surface area contributed by atoms with Gasteiger partial charge in [0.05, 0.1) is 12.6 Å². The molecular weight excluding hydrogens is 294 g/mol. The molecule has 1 amide bonds. The summed E-state index contributed by atoms with van der Waals surface area (Å²) in [4.78, 5) is 12.2. The summed E-state index contributed by atoms with van der Waals surface area (Å²) in [5.74, 6) is -0.323. The van der Waals surface area contributed by atoms with Crippen LogP contribution < -0.4 is 5.32 Å². The molecule has 0 saturated carbocycles. The van der Waals surface area contributed by atoms with E-state index in [2.05, 4.69) is 5.32 Å². The highest BCUT2D eigenvalue weighted by molar-refractivity contribution is 7.99. The molecule has 0 radical (unpaired) electrons. The van der Waals surface area contributed by atoms with Crippen molar-refractivity contribution in [2.24, 2.45) is 0 Å². The number of carbonyl (C=O) groups is 1. The molecule has 2 rings (SSSR count). The number of rotatable bonds is 4. The van der Waals surface area contributed by atoms with Crippen LogP contribution in [0.4, 0.5) is 0 Å². The molecule has 1 aromatic carbocycles. The second kappa shape index (κ2) is 7.24. The molecule has 1 aliphatic rings. The Kier molecular flexibility index (Phi) is 5.60. The van der Waals surface area contributed by atoms with Crippen LogP contribution >= 0.6 is 11.8 Å². The monoisotopic (exact) mass is 313 g/mol. The fraction of sp³-hybridized carbons (Fsp3) is 0.500. The first kappa shape index (κ1) is 16.3. The zero-order valence-corrected chi connectivity index (χ0v) is 12.4. The van der Waals surface area contributed by atoms with Gasteiger partial charge in [-0.3, -0.25) is 4.79 Å². The Bertz CT molecular complexity index is 472. The summed E-state index contributed by atoms with van der Waals surface area (Å²) in [6.45, 7) is 0.929. The highest BCUT2D eigenvalue weighted by Gasteiger charge is 2.44. The molecule has 1 aromatic rings. The van der Waals surface area contributed by atoms with E-state index in [1.165, 1.54) is 18.7 Å². The Hall–Kier alpha value is -1.12. The van der Waals surface area contributed by atoms with E-state index in [9.17, 15) is 20.1 Å². The minimum atomic E-state index is -1.25. The van der Waals surface area contributed by atoms with Crippen molar-refractivity contribution in [3.63, 3.8) is 0 Å². The fourth-order valence-electron chi connectivity index (χ4n) is 2.20. The summed E-state index contributed by atoms with van der Waals surface area (Å²) in [7, 11) is 0. The van der Waals surface area contributed by atoms with Crippen LogP contribution in [-0.4, -0.2) is 57.6 Å². The molecule has 116 valence electrons. The van der Waals surface area contributed by atoms with Crippen molar-refractivity contribution in [1.82, 2.24) is 5.32 Å². The van der Waals surface area contributed by atoms with Gasteiger partial charge in [0.2, 0.25) is 5.91 Å². The Morgan fingerprint density at radius 1 is 1.29 bits per heavy atom. The van der Waals surface area contributed by atoms with Crippen LogP contribution in [0.5, 0.6) is 0 Å². The summed E-state index contributed by atoms with van der Waals surface area (Å²) >= 11 is 1.32. The smallest absolute Gasteiger partial charge is 0.217 e. The van der Waals surface area contributed by atoms with Gasteiger partial charge in [-0.05, 0) is 12.1 Å². The molecule has 4 N–H and O–H groups in total. The summed E-state index contributed by atoms with van der Waals surface area (Å²) in [6, 6.07) is 8.62. The molecule has 1 fully saturated rings. The zero-order valence-electron chi connectivity index (χ0n) is 11.5. The van der Waals surface area contributed by atoms with E-state index in [4.69, 9.17) is 4.74 Å². The summed E-state index contributed by atoms with van der Waals surface area (Å²) in [6.07, 6.45) is -3.34. The SMILES string of the molecule is CC(=O)N[C@@H]1[C@H](O)[C@H](O)[C@H](CO)O[C@@H]1Sc1ccccc1. The zero-order chi connectivity index (χ0) is 15.4. The Morgan fingerprint density at radius 3 is 2.52 bits per heavy atom. The van der Waals surface area contributed by atoms with Crippen LogP contribution in [0.3, 0.4) is 0 Å².